The number of nitrogens with one attached hydrogen (secondary N) is 7. The van der Waals surface area contributed by atoms with Crippen LogP contribution in [0.25, 0.3) is 11.1 Å². The van der Waals surface area contributed by atoms with E-state index in [4.69, 9.17) is 61.1 Å². The number of halogens is 2. The van der Waals surface area contributed by atoms with Gasteiger partial charge in [0, 0.05) is 54.3 Å². The highest BCUT2D eigenvalue weighted by atomic mass is 35.5. The Balaban J connectivity index is 1.04. The summed E-state index contributed by atoms with van der Waals surface area (Å²) in [6.07, 6.45) is -14.8. The van der Waals surface area contributed by atoms with Crippen molar-refractivity contribution in [2.45, 2.75) is 207 Å². The largest absolute Gasteiger partial charge is 0.508 e. The number of likely N-dealkylation sites (N-methyl/N-ethyl adjacent to an activating group) is 1. The lowest BCUT2D eigenvalue weighted by molar-refractivity contribution is -0.277. The predicted molar refractivity (Wildman–Crippen MR) is 443 cm³/mol. The van der Waals surface area contributed by atoms with Crippen molar-refractivity contribution in [3.8, 4) is 80.1 Å². The third-order valence-corrected chi connectivity index (χ3v) is 23.0. The van der Waals surface area contributed by atoms with Crippen LogP contribution in [0, 0.1) is 0 Å². The first-order valence-electron chi connectivity index (χ1n) is 40.8. The number of phenols is 4. The summed E-state index contributed by atoms with van der Waals surface area (Å²) in [4.78, 5) is 139. The van der Waals surface area contributed by atoms with Crippen LogP contribution < -0.4 is 60.9 Å². The van der Waals surface area contributed by atoms with E-state index in [1.54, 1.807) is 20.8 Å². The van der Waals surface area contributed by atoms with Gasteiger partial charge in [-0.15, -0.1) is 0 Å². The highest BCUT2D eigenvalue weighted by Crippen LogP contribution is 2.51. The highest BCUT2D eigenvalue weighted by molar-refractivity contribution is 6.33. The number of aliphatic hydroxyl groups is 8. The van der Waals surface area contributed by atoms with E-state index in [1.165, 1.54) is 43.4 Å². The SMILES string of the molecule is CCCCCCCCCCC(=O)N[C@H]1[C@H](Oc2c3cc4cc2Oc2ccc(cc2Cl)[C@@H](O)[C@@H]2NC(=O)[C@H](NC(=O)[C@@H]4NC(=O)[C@H]4NC(=O)[C@@H](Cc5ccc(cc5)O3)NC(=O)[C@@H](N(C)C(=O)OC(C)(C)C)c3ccc(O)c(c3)Oc3cc(O)c(Cl)c4c3)c3ccc(O)c(c3)-c3c(O[C@H]4O[C@H](CO)[C@@H](O)[C@H](O)[C@@H]4O)cc(O)cc3[C@@H](C(=O)O)NC2=O)O[C@H](CO)[C@@H](O)[C@@H]1O. The van der Waals surface area contributed by atoms with Gasteiger partial charge < -0.3 is 141 Å². The number of nitrogens with zero attached hydrogens (tertiary/aromatic N) is 1. The van der Waals surface area contributed by atoms with Crippen molar-refractivity contribution in [3.05, 3.63) is 164 Å². The van der Waals surface area contributed by atoms with E-state index in [0.717, 1.165) is 122 Å². The first kappa shape index (κ1) is 92.6. The quantitative estimate of drug-likeness (QED) is 0.0472. The molecule has 127 heavy (non-hydrogen) atoms. The molecule has 15 rings (SSSR count). The minimum atomic E-state index is -2.47. The standard InChI is InChI=1S/C87H96Cl2N8O30/c1-6-7-8-9-10-11-12-13-14-60(104)91-68-73(108)71(106)58(35-98)124-84(68)126-76-56-29-41-30-57(76)122-53-24-19-40(27-48(53)88)70(105)67-81(115)95-66(83(117)118)46-31-42(100)32-55(123-85-75(110)74(109)72(107)59(36-99)125-85)61(46)45-26-38(17-22-50(45)101)63(78(112)96-67)92-79(113)64(41)93-80(114)65-47-33-44(34-52(103)62(47)89)121-54-28-39(18-23-51(54)102)69(97(5)86(119)127-87(2,3)4)82(116)90-49(77(111)94-65)25-37-15-20-43(120-56)21-16-37/h15-24,26-34,49,58-59,63-75,84-85,98-103,105-110H,6-14,25,35-36H2,1-5H3,(H,90,116)(H,91,104)(H,92,113)(H,93,114)(H,94,111)(H,95,115)(H,96,112)(H,117,118)/t49-,58-,59-,63-,64-,65+,66+,67+,68-,69+,70-,71-,72-,73-,74+,75+,84+,85+/m1/s1. The molecule has 0 aliphatic carbocycles. The zero-order chi connectivity index (χ0) is 91.5. The van der Waals surface area contributed by atoms with Gasteiger partial charge in [0.2, 0.25) is 59.7 Å². The number of carbonyl (C=O) groups excluding carboxylic acids is 8. The minimum absolute atomic E-state index is 0.0431. The fourth-order valence-corrected chi connectivity index (χ4v) is 16.1. The van der Waals surface area contributed by atoms with E-state index in [0.29, 0.717) is 12.8 Å². The number of aliphatic hydroxyl groups excluding tert-OH is 8. The number of rotatable bonds is 18. The van der Waals surface area contributed by atoms with E-state index < -0.39 is 295 Å². The summed E-state index contributed by atoms with van der Waals surface area (Å²) in [5, 5.41) is 165. The Morgan fingerprint density at radius 3 is 1.80 bits per heavy atom. The molecular formula is C87H96Cl2N8O30. The molecule has 17 bridgehead atoms. The van der Waals surface area contributed by atoms with Gasteiger partial charge in [0.15, 0.2) is 29.0 Å². The molecule has 678 valence electrons. The fourth-order valence-electron chi connectivity index (χ4n) is 15.6. The van der Waals surface area contributed by atoms with Gasteiger partial charge in [-0.3, -0.25) is 38.5 Å². The number of carboxylic acid groups (broad SMARTS) is 1. The van der Waals surface area contributed by atoms with Gasteiger partial charge in [-0.25, -0.2) is 9.59 Å². The van der Waals surface area contributed by atoms with E-state index in [-0.39, 0.29) is 28.9 Å². The number of carbonyl (C=O) groups is 9. The van der Waals surface area contributed by atoms with Crippen molar-refractivity contribution < 1.29 is 147 Å². The zero-order valence-corrected chi connectivity index (χ0v) is 70.3. The number of carboxylic acids is 1. The molecular weight excluding hydrogens is 1710 g/mol. The average Bonchev–Trinajstić information content (AvgIpc) is 0.762. The third kappa shape index (κ3) is 20.5. The van der Waals surface area contributed by atoms with Crippen molar-refractivity contribution >= 4 is 76.6 Å². The molecule has 7 aromatic rings. The van der Waals surface area contributed by atoms with Crippen LogP contribution in [0.1, 0.15) is 161 Å². The van der Waals surface area contributed by atoms with E-state index >= 15 is 28.8 Å². The van der Waals surface area contributed by atoms with Crippen LogP contribution in [0.15, 0.2) is 115 Å². The van der Waals surface area contributed by atoms with Crippen molar-refractivity contribution in [1.82, 2.24) is 42.1 Å². The summed E-state index contributed by atoms with van der Waals surface area (Å²) < 4.78 is 50.3. The van der Waals surface area contributed by atoms with E-state index in [2.05, 4.69) is 44.1 Å². The van der Waals surface area contributed by atoms with Gasteiger partial charge in [0.05, 0.1) is 23.3 Å². The summed E-state index contributed by atoms with van der Waals surface area (Å²) >= 11 is 14.3. The Labute approximate surface area is 734 Å². The second-order valence-corrected chi connectivity index (χ2v) is 33.3. The Hall–Kier alpha value is -12.1. The monoisotopic (exact) mass is 1800 g/mol. The molecule has 38 nitrogen and oxygen atoms in total. The molecule has 2 saturated heterocycles. The summed E-state index contributed by atoms with van der Waals surface area (Å²) in [5.41, 5.74) is -4.71. The van der Waals surface area contributed by atoms with Crippen LogP contribution in [0.5, 0.6) is 69.0 Å². The summed E-state index contributed by atoms with van der Waals surface area (Å²) in [5.74, 6) is -18.0. The number of unbranched alkanes of at least 4 members (excludes halogenated alkanes) is 7. The Morgan fingerprint density at radius 1 is 0.535 bits per heavy atom. The van der Waals surface area contributed by atoms with Gasteiger partial charge in [0.25, 0.3) is 0 Å². The first-order valence-corrected chi connectivity index (χ1v) is 41.6. The van der Waals surface area contributed by atoms with Gasteiger partial charge in [0.1, 0.15) is 137 Å². The second kappa shape index (κ2) is 39.0. The van der Waals surface area contributed by atoms with Crippen LogP contribution in [-0.4, -0.2) is 224 Å². The maximum absolute atomic E-state index is 16.8. The smallest absolute Gasteiger partial charge is 0.410 e. The minimum Gasteiger partial charge on any atom is -0.508 e. The molecule has 0 saturated carbocycles. The molecule has 2 fully saturated rings. The Morgan fingerprint density at radius 2 is 1.13 bits per heavy atom. The van der Waals surface area contributed by atoms with Crippen LogP contribution in [0.3, 0.4) is 0 Å². The molecule has 18 atom stereocenters. The average molecular weight is 1800 g/mol. The second-order valence-electron chi connectivity index (χ2n) is 32.5. The van der Waals surface area contributed by atoms with Crippen LogP contribution >= 0.6 is 23.2 Å². The number of amides is 8. The van der Waals surface area contributed by atoms with Gasteiger partial charge >= 0.3 is 12.1 Å². The molecule has 8 aliphatic heterocycles. The number of aromatic hydroxyl groups is 4. The topological polar surface area (TPSA) is 578 Å². The maximum atomic E-state index is 16.8. The first-order chi connectivity index (χ1) is 60.4. The summed E-state index contributed by atoms with van der Waals surface area (Å²) in [6.45, 7) is 4.83. The van der Waals surface area contributed by atoms with Crippen molar-refractivity contribution in [2.24, 2.45) is 0 Å². The number of aliphatic carboxylic acids is 1. The summed E-state index contributed by atoms with van der Waals surface area (Å²) in [6, 6.07) is 3.72. The molecule has 20 N–H and O–H groups in total. The maximum Gasteiger partial charge on any atom is 0.410 e. The normalized spacial score (nSPS) is 26.0. The number of phenolic OH excluding ortho intramolecular Hbond substituents is 4. The van der Waals surface area contributed by atoms with Crippen molar-refractivity contribution in [1.29, 1.82) is 0 Å². The lowest BCUT2D eigenvalue weighted by Crippen LogP contribution is -2.65. The molecule has 8 heterocycles. The fraction of sp³-hybridized carbons (Fsp3) is 0.414. The van der Waals surface area contributed by atoms with E-state index in [9.17, 15) is 80.8 Å². The molecule has 8 aliphatic rings. The lowest BCUT2D eigenvalue weighted by Gasteiger charge is -2.42. The van der Waals surface area contributed by atoms with Gasteiger partial charge in [-0.1, -0.05) is 105 Å². The van der Waals surface area contributed by atoms with Gasteiger partial charge in [-0.05, 0) is 128 Å². The van der Waals surface area contributed by atoms with Crippen molar-refractivity contribution in [2.75, 3.05) is 20.3 Å². The summed E-state index contributed by atoms with van der Waals surface area (Å²) in [7, 11) is 1.22. The Bertz CT molecular complexity index is 5350. The molecule has 40 heteroatoms. The lowest BCUT2D eigenvalue weighted by atomic mass is 9.89. The molecule has 8 amide bonds. The zero-order valence-electron chi connectivity index (χ0n) is 68.8. The van der Waals surface area contributed by atoms with Gasteiger partial charge in [-0.2, -0.15) is 0 Å². The van der Waals surface area contributed by atoms with Crippen LogP contribution in [0.4, 0.5) is 4.79 Å². The molecule has 7 aromatic carbocycles. The van der Waals surface area contributed by atoms with E-state index in [1.807, 2.05) is 0 Å². The van der Waals surface area contributed by atoms with Crippen LogP contribution in [-0.2, 0) is 59.0 Å². The molecule has 0 radical (unpaired) electrons. The number of hydrogen-bond donors (Lipinski definition) is 20. The molecule has 0 spiro atoms. The van der Waals surface area contributed by atoms with Crippen molar-refractivity contribution in [3.63, 3.8) is 0 Å². The molecule has 0 aromatic heterocycles. The number of ether oxygens (including phenoxy) is 8. The highest BCUT2D eigenvalue weighted by Gasteiger charge is 2.50. The van der Waals surface area contributed by atoms with Crippen LogP contribution in [0.2, 0.25) is 10.0 Å². The third-order valence-electron chi connectivity index (χ3n) is 22.2. The number of benzene rings is 7. The Kier molecular flexibility index (Phi) is 28.5. The molecule has 0 unspecified atom stereocenters. The number of fused-ring (bicyclic) bond motifs is 14. The number of hydrogen-bond acceptors (Lipinski definition) is 29. The predicted octanol–water partition coefficient (Wildman–Crippen LogP) is 5.49.